The fourth-order valence-electron chi connectivity index (χ4n) is 1.90. The highest BCUT2D eigenvalue weighted by Crippen LogP contribution is 2.15. The van der Waals surface area contributed by atoms with E-state index in [1.54, 1.807) is 18.2 Å². The lowest BCUT2D eigenvalue weighted by Gasteiger charge is -2.11. The molecule has 116 valence electrons. The van der Waals surface area contributed by atoms with Crippen LogP contribution in [0.4, 0.5) is 0 Å². The highest BCUT2D eigenvalue weighted by Gasteiger charge is 2.08. The SMILES string of the molecule is CC(CO)CNC(=O)c1cccc(OCc2ccccc2)c1. The summed E-state index contributed by atoms with van der Waals surface area (Å²) in [6.07, 6.45) is 0. The van der Waals surface area contributed by atoms with E-state index in [1.165, 1.54) is 0 Å². The molecule has 4 heteroatoms. The third kappa shape index (κ3) is 4.90. The molecule has 0 aromatic heterocycles. The highest BCUT2D eigenvalue weighted by atomic mass is 16.5. The van der Waals surface area contributed by atoms with Crippen molar-refractivity contribution in [3.8, 4) is 5.75 Å². The van der Waals surface area contributed by atoms with E-state index >= 15 is 0 Å². The third-order valence-electron chi connectivity index (χ3n) is 3.27. The van der Waals surface area contributed by atoms with Gasteiger partial charge in [0.2, 0.25) is 0 Å². The summed E-state index contributed by atoms with van der Waals surface area (Å²) in [5.74, 6) is 0.540. The fraction of sp³-hybridized carbons (Fsp3) is 0.278. The highest BCUT2D eigenvalue weighted by molar-refractivity contribution is 5.94. The lowest BCUT2D eigenvalue weighted by atomic mass is 10.1. The van der Waals surface area contributed by atoms with Gasteiger partial charge in [-0.1, -0.05) is 43.3 Å². The van der Waals surface area contributed by atoms with E-state index in [9.17, 15) is 4.79 Å². The normalized spacial score (nSPS) is 11.7. The predicted molar refractivity (Wildman–Crippen MR) is 85.8 cm³/mol. The Bertz CT molecular complexity index is 598. The molecule has 2 aromatic carbocycles. The van der Waals surface area contributed by atoms with Crippen molar-refractivity contribution in [3.05, 3.63) is 65.7 Å². The van der Waals surface area contributed by atoms with E-state index in [-0.39, 0.29) is 18.4 Å². The van der Waals surface area contributed by atoms with Crippen LogP contribution in [0.15, 0.2) is 54.6 Å². The molecule has 1 atom stereocenters. The Balaban J connectivity index is 1.93. The molecule has 0 aliphatic rings. The number of carbonyl (C=O) groups excluding carboxylic acids is 1. The summed E-state index contributed by atoms with van der Waals surface area (Å²) in [7, 11) is 0. The van der Waals surface area contributed by atoms with Crippen molar-refractivity contribution in [1.29, 1.82) is 0 Å². The number of nitrogens with one attached hydrogen (secondary N) is 1. The minimum atomic E-state index is -0.162. The molecule has 2 aromatic rings. The van der Waals surface area contributed by atoms with Gasteiger partial charge < -0.3 is 15.2 Å². The van der Waals surface area contributed by atoms with Crippen LogP contribution in [0.1, 0.15) is 22.8 Å². The average molecular weight is 299 g/mol. The first-order chi connectivity index (χ1) is 10.7. The van der Waals surface area contributed by atoms with Crippen molar-refractivity contribution >= 4 is 5.91 Å². The van der Waals surface area contributed by atoms with Crippen LogP contribution in [-0.2, 0) is 6.61 Å². The van der Waals surface area contributed by atoms with Gasteiger partial charge in [-0.3, -0.25) is 4.79 Å². The van der Waals surface area contributed by atoms with Crippen LogP contribution in [0.5, 0.6) is 5.75 Å². The molecule has 0 spiro atoms. The molecule has 0 bridgehead atoms. The second kappa shape index (κ2) is 8.20. The molecule has 2 rings (SSSR count). The monoisotopic (exact) mass is 299 g/mol. The molecule has 1 unspecified atom stereocenters. The Hall–Kier alpha value is -2.33. The lowest BCUT2D eigenvalue weighted by Crippen LogP contribution is -2.29. The predicted octanol–water partition coefficient (Wildman–Crippen LogP) is 2.62. The second-order valence-electron chi connectivity index (χ2n) is 5.30. The number of hydrogen-bond acceptors (Lipinski definition) is 3. The molecule has 22 heavy (non-hydrogen) atoms. The number of hydrogen-bond donors (Lipinski definition) is 2. The number of ether oxygens (including phenoxy) is 1. The van der Waals surface area contributed by atoms with Crippen molar-refractivity contribution in [1.82, 2.24) is 5.32 Å². The number of aliphatic hydroxyl groups excluding tert-OH is 1. The van der Waals surface area contributed by atoms with E-state index in [0.717, 1.165) is 5.56 Å². The average Bonchev–Trinajstić information content (AvgIpc) is 2.58. The lowest BCUT2D eigenvalue weighted by molar-refractivity contribution is 0.0942. The van der Waals surface area contributed by atoms with Gasteiger partial charge in [0.15, 0.2) is 0 Å². The Labute approximate surface area is 130 Å². The zero-order valence-corrected chi connectivity index (χ0v) is 12.7. The Morgan fingerprint density at radius 3 is 2.68 bits per heavy atom. The van der Waals surface area contributed by atoms with Crippen molar-refractivity contribution in [2.24, 2.45) is 5.92 Å². The minimum absolute atomic E-state index is 0.0430. The maximum Gasteiger partial charge on any atom is 0.251 e. The summed E-state index contributed by atoms with van der Waals surface area (Å²) < 4.78 is 5.71. The molecule has 2 N–H and O–H groups in total. The minimum Gasteiger partial charge on any atom is -0.489 e. The van der Waals surface area contributed by atoms with E-state index < -0.39 is 0 Å². The largest absolute Gasteiger partial charge is 0.489 e. The van der Waals surface area contributed by atoms with Crippen LogP contribution in [0.2, 0.25) is 0 Å². The maximum absolute atomic E-state index is 12.0. The molecule has 0 saturated heterocycles. The van der Waals surface area contributed by atoms with Crippen LogP contribution in [0.3, 0.4) is 0 Å². The molecular formula is C18H21NO3. The third-order valence-corrected chi connectivity index (χ3v) is 3.27. The van der Waals surface area contributed by atoms with Crippen LogP contribution >= 0.6 is 0 Å². The Kier molecular flexibility index (Phi) is 5.98. The fourth-order valence-corrected chi connectivity index (χ4v) is 1.90. The van der Waals surface area contributed by atoms with Crippen LogP contribution in [-0.4, -0.2) is 24.2 Å². The van der Waals surface area contributed by atoms with Crippen molar-refractivity contribution in [2.45, 2.75) is 13.5 Å². The Morgan fingerprint density at radius 1 is 1.18 bits per heavy atom. The van der Waals surface area contributed by atoms with E-state index in [1.807, 2.05) is 43.3 Å². The van der Waals surface area contributed by atoms with Crippen LogP contribution in [0.25, 0.3) is 0 Å². The number of amides is 1. The molecule has 1 amide bonds. The van der Waals surface area contributed by atoms with Gasteiger partial charge in [-0.25, -0.2) is 0 Å². The second-order valence-corrected chi connectivity index (χ2v) is 5.30. The molecule has 0 saturated carbocycles. The topological polar surface area (TPSA) is 58.6 Å². The Morgan fingerprint density at radius 2 is 1.95 bits per heavy atom. The van der Waals surface area contributed by atoms with Crippen molar-refractivity contribution in [3.63, 3.8) is 0 Å². The molecular weight excluding hydrogens is 278 g/mol. The van der Waals surface area contributed by atoms with Gasteiger partial charge >= 0.3 is 0 Å². The van der Waals surface area contributed by atoms with Crippen molar-refractivity contribution < 1.29 is 14.6 Å². The van der Waals surface area contributed by atoms with Gasteiger partial charge in [0.05, 0.1) is 0 Å². The van der Waals surface area contributed by atoms with Gasteiger partial charge in [-0.2, -0.15) is 0 Å². The molecule has 0 heterocycles. The van der Waals surface area contributed by atoms with Crippen LogP contribution < -0.4 is 10.1 Å². The van der Waals surface area contributed by atoms with Gasteiger partial charge in [0.1, 0.15) is 12.4 Å². The van der Waals surface area contributed by atoms with Gasteiger partial charge in [-0.15, -0.1) is 0 Å². The van der Waals surface area contributed by atoms with Gasteiger partial charge in [-0.05, 0) is 29.7 Å². The maximum atomic E-state index is 12.0. The van der Waals surface area contributed by atoms with Crippen molar-refractivity contribution in [2.75, 3.05) is 13.2 Å². The molecule has 0 aliphatic heterocycles. The summed E-state index contributed by atoms with van der Waals surface area (Å²) in [6.45, 7) is 2.85. The van der Waals surface area contributed by atoms with E-state index in [2.05, 4.69) is 5.32 Å². The number of aliphatic hydroxyl groups is 1. The quantitative estimate of drug-likeness (QED) is 0.826. The molecule has 0 radical (unpaired) electrons. The van der Waals surface area contributed by atoms with Crippen LogP contribution in [0, 0.1) is 5.92 Å². The standard InChI is InChI=1S/C18H21NO3/c1-14(12-20)11-19-18(21)16-8-5-9-17(10-16)22-13-15-6-3-2-4-7-15/h2-10,14,20H,11-13H2,1H3,(H,19,21). The summed E-state index contributed by atoms with van der Waals surface area (Å²) in [5, 5.41) is 11.8. The van der Waals surface area contributed by atoms with E-state index in [4.69, 9.17) is 9.84 Å². The summed E-state index contributed by atoms with van der Waals surface area (Å²) >= 11 is 0. The summed E-state index contributed by atoms with van der Waals surface area (Å²) in [4.78, 5) is 12.0. The van der Waals surface area contributed by atoms with Gasteiger partial charge in [0.25, 0.3) is 5.91 Å². The smallest absolute Gasteiger partial charge is 0.251 e. The van der Waals surface area contributed by atoms with Gasteiger partial charge in [0, 0.05) is 18.7 Å². The zero-order chi connectivity index (χ0) is 15.8. The first-order valence-corrected chi connectivity index (χ1v) is 7.35. The summed E-state index contributed by atoms with van der Waals surface area (Å²) in [6, 6.07) is 17.0. The molecule has 0 aliphatic carbocycles. The molecule has 0 fully saturated rings. The zero-order valence-electron chi connectivity index (χ0n) is 12.7. The summed E-state index contributed by atoms with van der Waals surface area (Å²) in [5.41, 5.74) is 1.63. The van der Waals surface area contributed by atoms with E-state index in [0.29, 0.717) is 24.5 Å². The first kappa shape index (κ1) is 16.0. The molecule has 4 nitrogen and oxygen atoms in total. The number of benzene rings is 2. The first-order valence-electron chi connectivity index (χ1n) is 7.35. The number of carbonyl (C=O) groups is 1. The number of rotatable bonds is 7.